The van der Waals surface area contributed by atoms with Gasteiger partial charge in [0, 0.05) is 17.2 Å². The van der Waals surface area contributed by atoms with Gasteiger partial charge in [0.25, 0.3) is 0 Å². The van der Waals surface area contributed by atoms with Gasteiger partial charge in [-0.15, -0.1) is 0 Å². The molecule has 1 aliphatic heterocycles. The van der Waals surface area contributed by atoms with Gasteiger partial charge >= 0.3 is 0 Å². The summed E-state index contributed by atoms with van der Waals surface area (Å²) in [5, 5.41) is 15.9. The van der Waals surface area contributed by atoms with Gasteiger partial charge in [0.2, 0.25) is 17.6 Å². The van der Waals surface area contributed by atoms with E-state index in [0.717, 1.165) is 31.5 Å². The second-order valence-corrected chi connectivity index (χ2v) is 7.61. The number of nitrogens with one attached hydrogen (secondary N) is 1. The molecule has 1 aromatic heterocycles. The zero-order valence-corrected chi connectivity index (χ0v) is 16.8. The molecule has 1 N–H and O–H groups in total. The molecule has 3 aromatic rings. The van der Waals surface area contributed by atoms with E-state index < -0.39 is 0 Å². The molecule has 1 saturated heterocycles. The largest absolute Gasteiger partial charge is 0.339 e. The number of likely N-dealkylation sites (tertiary alicyclic amines) is 1. The number of benzene rings is 2. The number of rotatable bonds is 5. The van der Waals surface area contributed by atoms with Gasteiger partial charge in [-0.05, 0) is 57.1 Å². The molecular formula is C23H23N5O2. The Kier molecular flexibility index (Phi) is 5.87. The summed E-state index contributed by atoms with van der Waals surface area (Å²) in [5.74, 6) is 1.45. The summed E-state index contributed by atoms with van der Waals surface area (Å²) in [6.45, 7) is 3.98. The highest BCUT2D eigenvalue weighted by atomic mass is 16.5. The fraction of sp³-hybridized carbons (Fsp3) is 0.304. The van der Waals surface area contributed by atoms with Crippen LogP contribution in [0.15, 0.2) is 53.1 Å². The molecule has 2 aromatic carbocycles. The van der Waals surface area contributed by atoms with Crippen LogP contribution >= 0.6 is 0 Å². The van der Waals surface area contributed by atoms with Gasteiger partial charge in [0.15, 0.2) is 0 Å². The highest BCUT2D eigenvalue weighted by Gasteiger charge is 2.26. The Bertz CT molecular complexity index is 1040. The second kappa shape index (κ2) is 8.89. The van der Waals surface area contributed by atoms with Crippen molar-refractivity contribution in [3.8, 4) is 17.5 Å². The molecular weight excluding hydrogens is 378 g/mol. The van der Waals surface area contributed by atoms with Gasteiger partial charge in [-0.2, -0.15) is 10.2 Å². The minimum atomic E-state index is -0.0578. The topological polar surface area (TPSA) is 95.0 Å². The van der Waals surface area contributed by atoms with E-state index in [4.69, 9.17) is 9.78 Å². The number of amides is 1. The zero-order chi connectivity index (χ0) is 20.9. The summed E-state index contributed by atoms with van der Waals surface area (Å²) < 4.78 is 5.52. The van der Waals surface area contributed by atoms with Crippen LogP contribution in [0.3, 0.4) is 0 Å². The van der Waals surface area contributed by atoms with Crippen LogP contribution in [0.5, 0.6) is 0 Å². The van der Waals surface area contributed by atoms with Gasteiger partial charge in [0.05, 0.1) is 18.2 Å². The third kappa shape index (κ3) is 4.73. The smallest absolute Gasteiger partial charge is 0.238 e. The maximum Gasteiger partial charge on any atom is 0.238 e. The van der Waals surface area contributed by atoms with E-state index >= 15 is 0 Å². The van der Waals surface area contributed by atoms with Crippen molar-refractivity contribution in [2.45, 2.75) is 25.7 Å². The first-order valence-electron chi connectivity index (χ1n) is 10.0. The highest BCUT2D eigenvalue weighted by Crippen LogP contribution is 2.28. The monoisotopic (exact) mass is 401 g/mol. The molecule has 0 bridgehead atoms. The van der Waals surface area contributed by atoms with Crippen LogP contribution in [0.25, 0.3) is 11.4 Å². The average Bonchev–Trinajstić information content (AvgIpc) is 3.25. The van der Waals surface area contributed by atoms with Crippen molar-refractivity contribution < 1.29 is 9.32 Å². The van der Waals surface area contributed by atoms with Crippen LogP contribution in [0.1, 0.15) is 35.8 Å². The lowest BCUT2D eigenvalue weighted by molar-refractivity contribution is -0.117. The van der Waals surface area contributed by atoms with Crippen molar-refractivity contribution in [1.29, 1.82) is 5.26 Å². The van der Waals surface area contributed by atoms with E-state index in [1.54, 1.807) is 24.3 Å². The number of aromatic nitrogens is 2. The normalized spacial score (nSPS) is 14.9. The summed E-state index contributed by atoms with van der Waals surface area (Å²) in [6, 6.07) is 17.0. The van der Waals surface area contributed by atoms with E-state index in [0.29, 0.717) is 29.5 Å². The molecule has 152 valence electrons. The van der Waals surface area contributed by atoms with E-state index in [-0.39, 0.29) is 11.8 Å². The number of hydrogen-bond donors (Lipinski definition) is 1. The molecule has 0 radical (unpaired) electrons. The Balaban J connectivity index is 1.28. The van der Waals surface area contributed by atoms with Crippen molar-refractivity contribution >= 4 is 11.6 Å². The van der Waals surface area contributed by atoms with Crippen LogP contribution in [-0.2, 0) is 4.79 Å². The molecule has 7 nitrogen and oxygen atoms in total. The predicted molar refractivity (Wildman–Crippen MR) is 113 cm³/mol. The molecule has 1 aliphatic rings. The number of carbonyl (C=O) groups excluding carboxylic acids is 1. The van der Waals surface area contributed by atoms with E-state index in [9.17, 15) is 4.79 Å². The molecule has 0 saturated carbocycles. The van der Waals surface area contributed by atoms with Crippen LogP contribution in [0.4, 0.5) is 5.69 Å². The molecule has 0 spiro atoms. The first-order valence-corrected chi connectivity index (χ1v) is 10.0. The lowest BCUT2D eigenvalue weighted by atomic mass is 9.97. The highest BCUT2D eigenvalue weighted by molar-refractivity contribution is 5.92. The lowest BCUT2D eigenvalue weighted by Crippen LogP contribution is -2.38. The molecule has 0 atom stereocenters. The van der Waals surface area contributed by atoms with Gasteiger partial charge < -0.3 is 9.84 Å². The van der Waals surface area contributed by atoms with Crippen molar-refractivity contribution in [2.24, 2.45) is 0 Å². The van der Waals surface area contributed by atoms with Crippen molar-refractivity contribution in [3.05, 3.63) is 65.5 Å². The molecule has 0 aliphatic carbocycles. The molecule has 7 heteroatoms. The average molecular weight is 401 g/mol. The molecule has 30 heavy (non-hydrogen) atoms. The zero-order valence-electron chi connectivity index (χ0n) is 16.8. The summed E-state index contributed by atoms with van der Waals surface area (Å²) >= 11 is 0. The summed E-state index contributed by atoms with van der Waals surface area (Å²) in [5.41, 5.74) is 3.41. The van der Waals surface area contributed by atoms with Crippen molar-refractivity contribution in [2.75, 3.05) is 25.0 Å². The Morgan fingerprint density at radius 1 is 1.17 bits per heavy atom. The number of anilines is 1. The third-order valence-electron chi connectivity index (χ3n) is 5.35. The number of nitrogens with zero attached hydrogens (tertiary/aromatic N) is 4. The van der Waals surface area contributed by atoms with Crippen molar-refractivity contribution in [1.82, 2.24) is 15.0 Å². The molecule has 0 unspecified atom stereocenters. The Hall–Kier alpha value is -3.50. The number of piperidine rings is 1. The third-order valence-corrected chi connectivity index (χ3v) is 5.35. The van der Waals surface area contributed by atoms with Crippen LogP contribution in [-0.4, -0.2) is 40.6 Å². The number of nitriles is 1. The summed E-state index contributed by atoms with van der Waals surface area (Å²) in [7, 11) is 0. The van der Waals surface area contributed by atoms with Gasteiger partial charge in [0.1, 0.15) is 0 Å². The van der Waals surface area contributed by atoms with Crippen LogP contribution < -0.4 is 5.32 Å². The van der Waals surface area contributed by atoms with Gasteiger partial charge in [-0.1, -0.05) is 35.0 Å². The second-order valence-electron chi connectivity index (χ2n) is 7.61. The maximum absolute atomic E-state index is 12.3. The van der Waals surface area contributed by atoms with Gasteiger partial charge in [-0.3, -0.25) is 9.69 Å². The number of aryl methyl sites for hydroxylation is 1. The summed E-state index contributed by atoms with van der Waals surface area (Å²) in [4.78, 5) is 19.0. The predicted octanol–water partition coefficient (Wildman–Crippen LogP) is 3.73. The Morgan fingerprint density at radius 2 is 1.87 bits per heavy atom. The van der Waals surface area contributed by atoms with E-state index in [2.05, 4.69) is 26.4 Å². The standard InChI is InChI=1S/C23H23N5O2/c1-16-2-6-18(7-3-16)22-26-23(30-27-22)19-10-12-28(13-11-19)15-21(29)25-20-8-4-17(14-24)5-9-20/h2-9,19H,10-13,15H2,1H3,(H,25,29). The number of carbonyl (C=O) groups is 1. The molecule has 4 rings (SSSR count). The molecule has 2 heterocycles. The fourth-order valence-electron chi connectivity index (χ4n) is 3.59. The Morgan fingerprint density at radius 3 is 2.53 bits per heavy atom. The van der Waals surface area contributed by atoms with Gasteiger partial charge in [-0.25, -0.2) is 0 Å². The minimum absolute atomic E-state index is 0.0578. The number of hydrogen-bond acceptors (Lipinski definition) is 6. The Labute approximate surface area is 175 Å². The first-order chi connectivity index (χ1) is 14.6. The molecule has 1 amide bonds. The van der Waals surface area contributed by atoms with E-state index in [1.807, 2.05) is 31.2 Å². The van der Waals surface area contributed by atoms with Crippen LogP contribution in [0.2, 0.25) is 0 Å². The van der Waals surface area contributed by atoms with Crippen LogP contribution in [0, 0.1) is 18.3 Å². The fourth-order valence-corrected chi connectivity index (χ4v) is 3.59. The lowest BCUT2D eigenvalue weighted by Gasteiger charge is -2.29. The maximum atomic E-state index is 12.3. The van der Waals surface area contributed by atoms with Crippen molar-refractivity contribution in [3.63, 3.8) is 0 Å². The van der Waals surface area contributed by atoms with E-state index in [1.165, 1.54) is 5.56 Å². The first kappa shape index (κ1) is 19.8. The quantitative estimate of drug-likeness (QED) is 0.700. The summed E-state index contributed by atoms with van der Waals surface area (Å²) in [6.07, 6.45) is 1.75. The minimum Gasteiger partial charge on any atom is -0.339 e. The SMILES string of the molecule is Cc1ccc(-c2noc(C3CCN(CC(=O)Nc4ccc(C#N)cc4)CC3)n2)cc1. The molecule has 1 fully saturated rings.